The van der Waals surface area contributed by atoms with Crippen LogP contribution in [0.1, 0.15) is 52.0 Å². The lowest BCUT2D eigenvalue weighted by atomic mass is 9.77. The Morgan fingerprint density at radius 1 is 1.24 bits per heavy atom. The first-order valence-electron chi connectivity index (χ1n) is 8.43. The van der Waals surface area contributed by atoms with Crippen LogP contribution in [0.15, 0.2) is 42.5 Å². The van der Waals surface area contributed by atoms with E-state index in [0.29, 0.717) is 5.56 Å². The standard InChI is InChI=1S/C20H18N2O3/c21-11-12-3-8-17-16(10-12)19-15(2-1-9-25-19)18(22-17)13-4-6-14(7-5-13)20(23)24/h3-8,10,15,18-19,22H,1-2,9H2,(H,23,24)/t15-,18-,19+/m0/s1. The molecule has 2 aliphatic rings. The number of hydrogen-bond donors (Lipinski definition) is 2. The van der Waals surface area contributed by atoms with Crippen molar-refractivity contribution >= 4 is 11.7 Å². The number of nitrogens with zero attached hydrogens (tertiary/aromatic N) is 1. The molecule has 5 nitrogen and oxygen atoms in total. The van der Waals surface area contributed by atoms with Gasteiger partial charge in [0.05, 0.1) is 29.3 Å². The molecular formula is C20H18N2O3. The lowest BCUT2D eigenvalue weighted by Crippen LogP contribution is -2.36. The summed E-state index contributed by atoms with van der Waals surface area (Å²) in [6.07, 6.45) is 1.99. The fraction of sp³-hybridized carbons (Fsp3) is 0.300. The third-order valence-corrected chi connectivity index (χ3v) is 5.11. The van der Waals surface area contributed by atoms with Gasteiger partial charge in [-0.3, -0.25) is 0 Å². The maximum Gasteiger partial charge on any atom is 0.335 e. The highest BCUT2D eigenvalue weighted by molar-refractivity contribution is 5.87. The van der Waals surface area contributed by atoms with Crippen LogP contribution in [0.4, 0.5) is 5.69 Å². The number of anilines is 1. The highest BCUT2D eigenvalue weighted by Gasteiger charge is 2.39. The summed E-state index contributed by atoms with van der Waals surface area (Å²) in [5, 5.41) is 21.8. The van der Waals surface area contributed by atoms with Gasteiger partial charge in [-0.1, -0.05) is 12.1 Å². The van der Waals surface area contributed by atoms with E-state index in [0.717, 1.165) is 36.3 Å². The summed E-state index contributed by atoms with van der Waals surface area (Å²) in [6, 6.07) is 14.9. The zero-order valence-electron chi connectivity index (χ0n) is 13.6. The van der Waals surface area contributed by atoms with Crippen molar-refractivity contribution in [1.82, 2.24) is 0 Å². The number of aromatic carboxylic acids is 1. The number of carboxylic acid groups (broad SMARTS) is 1. The average molecular weight is 334 g/mol. The maximum atomic E-state index is 11.1. The van der Waals surface area contributed by atoms with Gasteiger partial charge in [0.25, 0.3) is 0 Å². The second-order valence-corrected chi connectivity index (χ2v) is 6.56. The Bertz CT molecular complexity index is 854. The lowest BCUT2D eigenvalue weighted by Gasteiger charge is -2.43. The Labute approximate surface area is 145 Å². The molecule has 2 N–H and O–H groups in total. The molecule has 0 saturated carbocycles. The average Bonchev–Trinajstić information content (AvgIpc) is 2.67. The number of carbonyl (C=O) groups is 1. The molecule has 4 rings (SSSR count). The maximum absolute atomic E-state index is 11.1. The van der Waals surface area contributed by atoms with Crippen molar-refractivity contribution in [3.8, 4) is 6.07 Å². The predicted molar refractivity (Wildman–Crippen MR) is 92.3 cm³/mol. The number of benzene rings is 2. The van der Waals surface area contributed by atoms with Crippen molar-refractivity contribution in [2.24, 2.45) is 5.92 Å². The van der Waals surface area contributed by atoms with Gasteiger partial charge >= 0.3 is 5.97 Å². The van der Waals surface area contributed by atoms with E-state index < -0.39 is 5.97 Å². The first kappa shape index (κ1) is 15.7. The summed E-state index contributed by atoms with van der Waals surface area (Å²) in [5.74, 6) is -0.665. The van der Waals surface area contributed by atoms with Crippen LogP contribution in [0.5, 0.6) is 0 Å². The van der Waals surface area contributed by atoms with Gasteiger partial charge in [0, 0.05) is 23.8 Å². The topological polar surface area (TPSA) is 82.3 Å². The van der Waals surface area contributed by atoms with E-state index >= 15 is 0 Å². The molecule has 0 aromatic heterocycles. The molecule has 0 unspecified atom stereocenters. The smallest absolute Gasteiger partial charge is 0.335 e. The van der Waals surface area contributed by atoms with E-state index in [-0.39, 0.29) is 23.6 Å². The van der Waals surface area contributed by atoms with Gasteiger partial charge in [0.2, 0.25) is 0 Å². The predicted octanol–water partition coefficient (Wildman–Crippen LogP) is 3.89. The third kappa shape index (κ3) is 2.75. The van der Waals surface area contributed by atoms with Crippen LogP contribution in [0.3, 0.4) is 0 Å². The van der Waals surface area contributed by atoms with Gasteiger partial charge in [0.1, 0.15) is 0 Å². The second-order valence-electron chi connectivity index (χ2n) is 6.56. The van der Waals surface area contributed by atoms with Gasteiger partial charge in [-0.25, -0.2) is 4.79 Å². The summed E-state index contributed by atoms with van der Waals surface area (Å²) < 4.78 is 6.08. The van der Waals surface area contributed by atoms with Crippen LogP contribution >= 0.6 is 0 Å². The molecule has 0 amide bonds. The van der Waals surface area contributed by atoms with Crippen molar-refractivity contribution in [3.05, 3.63) is 64.7 Å². The molecule has 5 heteroatoms. The molecule has 25 heavy (non-hydrogen) atoms. The Morgan fingerprint density at radius 2 is 2.04 bits per heavy atom. The van der Waals surface area contributed by atoms with Crippen molar-refractivity contribution in [2.45, 2.75) is 25.0 Å². The van der Waals surface area contributed by atoms with E-state index in [1.165, 1.54) is 0 Å². The monoisotopic (exact) mass is 334 g/mol. The Kier molecular flexibility index (Phi) is 3.90. The Balaban J connectivity index is 1.73. The van der Waals surface area contributed by atoms with Gasteiger partial charge in [0.15, 0.2) is 0 Å². The molecule has 0 bridgehead atoms. The third-order valence-electron chi connectivity index (χ3n) is 5.11. The molecule has 2 aromatic rings. The number of ether oxygens (including phenoxy) is 1. The largest absolute Gasteiger partial charge is 0.478 e. The van der Waals surface area contributed by atoms with Crippen molar-refractivity contribution in [2.75, 3.05) is 11.9 Å². The molecule has 0 aliphatic carbocycles. The van der Waals surface area contributed by atoms with Crippen LogP contribution in [0.25, 0.3) is 0 Å². The van der Waals surface area contributed by atoms with Gasteiger partial charge in [-0.15, -0.1) is 0 Å². The van der Waals surface area contributed by atoms with Gasteiger partial charge in [-0.05, 0) is 48.7 Å². The number of fused-ring (bicyclic) bond motifs is 3. The molecule has 1 saturated heterocycles. The minimum absolute atomic E-state index is 0.0394. The highest BCUT2D eigenvalue weighted by Crippen LogP contribution is 2.49. The zero-order chi connectivity index (χ0) is 17.4. The molecule has 1 fully saturated rings. The van der Waals surface area contributed by atoms with E-state index in [4.69, 9.17) is 9.84 Å². The van der Waals surface area contributed by atoms with Crippen LogP contribution in [0, 0.1) is 17.2 Å². The summed E-state index contributed by atoms with van der Waals surface area (Å²) in [4.78, 5) is 11.1. The quantitative estimate of drug-likeness (QED) is 0.870. The SMILES string of the molecule is N#Cc1ccc2c(c1)[C@@H]1OCCC[C@H]1[C@H](c1ccc(C(=O)O)cc1)N2. The van der Waals surface area contributed by atoms with Crippen LogP contribution < -0.4 is 5.32 Å². The number of nitriles is 1. The molecule has 0 spiro atoms. The minimum atomic E-state index is -0.920. The molecule has 2 heterocycles. The molecule has 126 valence electrons. The van der Waals surface area contributed by atoms with Crippen LogP contribution in [-0.2, 0) is 4.74 Å². The summed E-state index contributed by atoms with van der Waals surface area (Å²) in [5.41, 5.74) is 4.00. The molecule has 2 aliphatic heterocycles. The first-order valence-corrected chi connectivity index (χ1v) is 8.43. The number of carboxylic acids is 1. The minimum Gasteiger partial charge on any atom is -0.478 e. The Hall–Kier alpha value is -2.84. The molecule has 0 radical (unpaired) electrons. The normalized spacial score (nSPS) is 24.4. The Morgan fingerprint density at radius 3 is 2.76 bits per heavy atom. The summed E-state index contributed by atoms with van der Waals surface area (Å²) in [7, 11) is 0. The van der Waals surface area contributed by atoms with Crippen molar-refractivity contribution in [3.63, 3.8) is 0 Å². The van der Waals surface area contributed by atoms with Crippen molar-refractivity contribution < 1.29 is 14.6 Å². The molecule has 3 atom stereocenters. The molecule has 2 aromatic carbocycles. The number of nitrogens with one attached hydrogen (secondary N) is 1. The number of rotatable bonds is 2. The van der Waals surface area contributed by atoms with Gasteiger partial charge in [-0.2, -0.15) is 5.26 Å². The van der Waals surface area contributed by atoms with E-state index in [2.05, 4.69) is 11.4 Å². The number of hydrogen-bond acceptors (Lipinski definition) is 4. The second kappa shape index (κ2) is 6.23. The van der Waals surface area contributed by atoms with E-state index in [1.807, 2.05) is 24.3 Å². The van der Waals surface area contributed by atoms with Crippen LogP contribution in [-0.4, -0.2) is 17.7 Å². The first-order chi connectivity index (χ1) is 12.2. The van der Waals surface area contributed by atoms with E-state index in [1.54, 1.807) is 18.2 Å². The fourth-order valence-corrected chi connectivity index (χ4v) is 3.90. The summed E-state index contributed by atoms with van der Waals surface area (Å²) in [6.45, 7) is 0.724. The summed E-state index contributed by atoms with van der Waals surface area (Å²) >= 11 is 0. The molecular weight excluding hydrogens is 316 g/mol. The van der Waals surface area contributed by atoms with E-state index in [9.17, 15) is 10.1 Å². The van der Waals surface area contributed by atoms with Gasteiger partial charge < -0.3 is 15.2 Å². The fourth-order valence-electron chi connectivity index (χ4n) is 3.90. The van der Waals surface area contributed by atoms with Crippen LogP contribution in [0.2, 0.25) is 0 Å². The highest BCUT2D eigenvalue weighted by atomic mass is 16.5. The zero-order valence-corrected chi connectivity index (χ0v) is 13.6. The lowest BCUT2D eigenvalue weighted by molar-refractivity contribution is -0.0381. The van der Waals surface area contributed by atoms with Crippen molar-refractivity contribution in [1.29, 1.82) is 5.26 Å².